The fourth-order valence-electron chi connectivity index (χ4n) is 2.97. The topological polar surface area (TPSA) is 109 Å². The van der Waals surface area contributed by atoms with Gasteiger partial charge in [0.2, 0.25) is 11.7 Å². The SMILES string of the molecule is COc1ccc(-c2noc(CNC(=O)c3cc4cccc(OC)c4o3)n2)c(OC)c1. The highest BCUT2D eigenvalue weighted by molar-refractivity contribution is 5.97. The van der Waals surface area contributed by atoms with Gasteiger partial charge in [-0.1, -0.05) is 17.3 Å². The van der Waals surface area contributed by atoms with Crippen LogP contribution < -0.4 is 19.5 Å². The van der Waals surface area contributed by atoms with E-state index in [0.717, 1.165) is 5.39 Å². The van der Waals surface area contributed by atoms with Gasteiger partial charge in [-0.15, -0.1) is 0 Å². The van der Waals surface area contributed by atoms with E-state index in [9.17, 15) is 4.79 Å². The Bertz CT molecular complexity index is 1200. The van der Waals surface area contributed by atoms with Crippen LogP contribution >= 0.6 is 0 Å². The summed E-state index contributed by atoms with van der Waals surface area (Å²) in [6.45, 7) is 0.0402. The van der Waals surface area contributed by atoms with Crippen LogP contribution in [0.5, 0.6) is 17.2 Å². The monoisotopic (exact) mass is 409 g/mol. The van der Waals surface area contributed by atoms with Gasteiger partial charge in [-0.05, 0) is 24.3 Å². The standard InChI is InChI=1S/C21H19N3O6/c1-26-13-7-8-14(16(10-13)28-3)20-23-18(30-24-20)11-22-21(25)17-9-12-5-4-6-15(27-2)19(12)29-17/h4-10H,11H2,1-3H3,(H,22,25). The van der Waals surface area contributed by atoms with E-state index in [1.165, 1.54) is 0 Å². The number of benzene rings is 2. The molecule has 4 rings (SSSR count). The molecule has 9 heteroatoms. The maximum Gasteiger partial charge on any atom is 0.287 e. The number of rotatable bonds is 7. The smallest absolute Gasteiger partial charge is 0.287 e. The van der Waals surface area contributed by atoms with Gasteiger partial charge in [-0.3, -0.25) is 4.79 Å². The fourth-order valence-corrected chi connectivity index (χ4v) is 2.97. The van der Waals surface area contributed by atoms with E-state index in [2.05, 4.69) is 15.5 Å². The summed E-state index contributed by atoms with van der Waals surface area (Å²) in [6, 6.07) is 12.3. The molecule has 0 unspecified atom stereocenters. The van der Waals surface area contributed by atoms with Crippen LogP contribution in [0.15, 0.2) is 51.4 Å². The summed E-state index contributed by atoms with van der Waals surface area (Å²) < 4.78 is 26.7. The molecule has 0 aliphatic carbocycles. The number of para-hydroxylation sites is 1. The van der Waals surface area contributed by atoms with Crippen molar-refractivity contribution in [1.29, 1.82) is 0 Å². The number of amides is 1. The molecule has 0 radical (unpaired) electrons. The highest BCUT2D eigenvalue weighted by Gasteiger charge is 2.17. The predicted molar refractivity (Wildman–Crippen MR) is 107 cm³/mol. The number of carbonyl (C=O) groups excluding carboxylic acids is 1. The van der Waals surface area contributed by atoms with Gasteiger partial charge in [0.1, 0.15) is 11.5 Å². The van der Waals surface area contributed by atoms with E-state index in [0.29, 0.717) is 34.2 Å². The Balaban J connectivity index is 1.48. The molecule has 0 spiro atoms. The average molecular weight is 409 g/mol. The molecule has 154 valence electrons. The molecule has 1 N–H and O–H groups in total. The molecule has 2 aromatic carbocycles. The van der Waals surface area contributed by atoms with Gasteiger partial charge in [-0.2, -0.15) is 4.98 Å². The first-order valence-electron chi connectivity index (χ1n) is 9.02. The molecule has 0 aliphatic heterocycles. The molecule has 0 atom stereocenters. The van der Waals surface area contributed by atoms with Crippen LogP contribution in [0.3, 0.4) is 0 Å². The highest BCUT2D eigenvalue weighted by Crippen LogP contribution is 2.31. The van der Waals surface area contributed by atoms with E-state index in [4.69, 9.17) is 23.2 Å². The second kappa shape index (κ2) is 8.16. The summed E-state index contributed by atoms with van der Waals surface area (Å²) in [4.78, 5) is 16.8. The number of carbonyl (C=O) groups is 1. The van der Waals surface area contributed by atoms with E-state index >= 15 is 0 Å². The molecule has 2 heterocycles. The van der Waals surface area contributed by atoms with Gasteiger partial charge in [0.25, 0.3) is 5.91 Å². The average Bonchev–Trinajstić information content (AvgIpc) is 3.44. The van der Waals surface area contributed by atoms with Crippen molar-refractivity contribution in [3.8, 4) is 28.6 Å². The highest BCUT2D eigenvalue weighted by atomic mass is 16.5. The number of nitrogens with zero attached hydrogens (tertiary/aromatic N) is 2. The molecule has 2 aromatic heterocycles. The van der Waals surface area contributed by atoms with Crippen molar-refractivity contribution >= 4 is 16.9 Å². The van der Waals surface area contributed by atoms with E-state index < -0.39 is 5.91 Å². The third kappa shape index (κ3) is 3.64. The lowest BCUT2D eigenvalue weighted by molar-refractivity contribution is 0.0920. The van der Waals surface area contributed by atoms with Crippen LogP contribution in [-0.4, -0.2) is 37.4 Å². The minimum atomic E-state index is -0.407. The molecule has 0 aliphatic rings. The van der Waals surface area contributed by atoms with Gasteiger partial charge in [-0.25, -0.2) is 0 Å². The van der Waals surface area contributed by atoms with Crippen LogP contribution in [0.4, 0.5) is 0 Å². The Morgan fingerprint density at radius 2 is 1.87 bits per heavy atom. The normalized spacial score (nSPS) is 10.8. The van der Waals surface area contributed by atoms with E-state index in [1.807, 2.05) is 12.1 Å². The summed E-state index contributed by atoms with van der Waals surface area (Å²) in [5, 5.41) is 7.43. The first-order valence-corrected chi connectivity index (χ1v) is 9.02. The minimum Gasteiger partial charge on any atom is -0.497 e. The van der Waals surface area contributed by atoms with Gasteiger partial charge in [0.15, 0.2) is 17.1 Å². The zero-order valence-electron chi connectivity index (χ0n) is 16.6. The second-order valence-corrected chi connectivity index (χ2v) is 6.25. The summed E-state index contributed by atoms with van der Waals surface area (Å²) in [6.07, 6.45) is 0. The van der Waals surface area contributed by atoms with Crippen molar-refractivity contribution in [3.05, 3.63) is 54.1 Å². The number of hydrogen-bond acceptors (Lipinski definition) is 8. The lowest BCUT2D eigenvalue weighted by Crippen LogP contribution is -2.22. The van der Waals surface area contributed by atoms with Crippen LogP contribution in [0.2, 0.25) is 0 Å². The Kier molecular flexibility index (Phi) is 5.25. The van der Waals surface area contributed by atoms with Gasteiger partial charge >= 0.3 is 0 Å². The fraction of sp³-hybridized carbons (Fsp3) is 0.190. The summed E-state index contributed by atoms with van der Waals surface area (Å²) in [7, 11) is 4.66. The zero-order chi connectivity index (χ0) is 21.1. The number of fused-ring (bicyclic) bond motifs is 1. The number of nitrogens with one attached hydrogen (secondary N) is 1. The molecule has 9 nitrogen and oxygen atoms in total. The third-order valence-electron chi connectivity index (χ3n) is 4.47. The predicted octanol–water partition coefficient (Wildman–Crippen LogP) is 3.44. The summed E-state index contributed by atoms with van der Waals surface area (Å²) >= 11 is 0. The Morgan fingerprint density at radius 1 is 1.03 bits per heavy atom. The number of methoxy groups -OCH3 is 3. The molecular weight excluding hydrogens is 390 g/mol. The Labute approximate surface area is 171 Å². The third-order valence-corrected chi connectivity index (χ3v) is 4.47. The lowest BCUT2D eigenvalue weighted by Gasteiger charge is -2.07. The van der Waals surface area contributed by atoms with Crippen LogP contribution in [0.25, 0.3) is 22.4 Å². The largest absolute Gasteiger partial charge is 0.497 e. The lowest BCUT2D eigenvalue weighted by atomic mass is 10.2. The number of ether oxygens (including phenoxy) is 3. The second-order valence-electron chi connectivity index (χ2n) is 6.25. The van der Waals surface area contributed by atoms with E-state index in [-0.39, 0.29) is 18.2 Å². The number of aromatic nitrogens is 2. The van der Waals surface area contributed by atoms with Crippen LogP contribution in [0.1, 0.15) is 16.4 Å². The summed E-state index contributed by atoms with van der Waals surface area (Å²) in [5.74, 6) is 2.08. The minimum absolute atomic E-state index is 0.0402. The van der Waals surface area contributed by atoms with E-state index in [1.54, 1.807) is 51.7 Å². The van der Waals surface area contributed by atoms with Crippen molar-refractivity contribution in [2.24, 2.45) is 0 Å². The van der Waals surface area contributed by atoms with Crippen LogP contribution in [0, 0.1) is 0 Å². The maximum atomic E-state index is 12.5. The molecule has 0 saturated heterocycles. The molecule has 4 aromatic rings. The molecule has 1 amide bonds. The first kappa shape index (κ1) is 19.3. The summed E-state index contributed by atoms with van der Waals surface area (Å²) in [5.41, 5.74) is 1.15. The Morgan fingerprint density at radius 3 is 2.63 bits per heavy atom. The van der Waals surface area contributed by atoms with Gasteiger partial charge < -0.3 is 28.5 Å². The van der Waals surface area contributed by atoms with Gasteiger partial charge in [0.05, 0.1) is 33.4 Å². The molecule has 0 fully saturated rings. The Hall–Kier alpha value is -4.01. The van der Waals surface area contributed by atoms with Crippen molar-refractivity contribution < 1.29 is 27.9 Å². The maximum absolute atomic E-state index is 12.5. The van der Waals surface area contributed by atoms with Gasteiger partial charge in [0, 0.05) is 11.5 Å². The molecule has 0 saturated carbocycles. The van der Waals surface area contributed by atoms with Crippen LogP contribution in [-0.2, 0) is 6.54 Å². The molecule has 0 bridgehead atoms. The van der Waals surface area contributed by atoms with Crippen molar-refractivity contribution in [1.82, 2.24) is 15.5 Å². The molecular formula is C21H19N3O6. The van der Waals surface area contributed by atoms with Crippen molar-refractivity contribution in [3.63, 3.8) is 0 Å². The molecule has 30 heavy (non-hydrogen) atoms. The van der Waals surface area contributed by atoms with Crippen molar-refractivity contribution in [2.45, 2.75) is 6.54 Å². The first-order chi connectivity index (χ1) is 14.6. The zero-order valence-corrected chi connectivity index (χ0v) is 16.6. The number of hydrogen-bond donors (Lipinski definition) is 1. The van der Waals surface area contributed by atoms with Crippen molar-refractivity contribution in [2.75, 3.05) is 21.3 Å². The number of furan rings is 1. The quantitative estimate of drug-likeness (QED) is 0.494.